The van der Waals surface area contributed by atoms with Crippen molar-refractivity contribution in [3.05, 3.63) is 51.8 Å². The molecule has 8 nitrogen and oxygen atoms in total. The third-order valence-corrected chi connectivity index (χ3v) is 2.94. The van der Waals surface area contributed by atoms with Crippen LogP contribution in [0.5, 0.6) is 5.75 Å². The minimum Gasteiger partial charge on any atom is -0.486 e. The van der Waals surface area contributed by atoms with Gasteiger partial charge in [0.2, 0.25) is 0 Å². The average Bonchev–Trinajstić information content (AvgIpc) is 2.84. The van der Waals surface area contributed by atoms with Gasteiger partial charge in [0.25, 0.3) is 0 Å². The van der Waals surface area contributed by atoms with Crippen LogP contribution in [0.2, 0.25) is 0 Å². The third-order valence-electron chi connectivity index (χ3n) is 2.94. The zero-order chi connectivity index (χ0) is 15.4. The summed E-state index contributed by atoms with van der Waals surface area (Å²) >= 11 is 0. The number of carbonyl (C=O) groups is 1. The molecule has 0 radical (unpaired) electrons. The molecule has 110 valence electrons. The number of carboxylic acid groups (broad SMARTS) is 1. The molecule has 21 heavy (non-hydrogen) atoms. The molecule has 0 atom stereocenters. The van der Waals surface area contributed by atoms with E-state index >= 15 is 0 Å². The van der Waals surface area contributed by atoms with Crippen molar-refractivity contribution in [2.75, 3.05) is 6.61 Å². The smallest absolute Gasteiger partial charge is 0.335 e. The van der Waals surface area contributed by atoms with Gasteiger partial charge in [-0.1, -0.05) is 0 Å². The van der Waals surface area contributed by atoms with E-state index in [4.69, 9.17) is 9.84 Å². The van der Waals surface area contributed by atoms with Crippen LogP contribution in [-0.4, -0.2) is 32.4 Å². The van der Waals surface area contributed by atoms with E-state index < -0.39 is 10.9 Å². The van der Waals surface area contributed by atoms with Crippen LogP contribution in [0.4, 0.5) is 5.69 Å². The maximum atomic E-state index is 11.0. The molecule has 1 N–H and O–H groups in total. The summed E-state index contributed by atoms with van der Waals surface area (Å²) in [5, 5.41) is 23.8. The second-order valence-electron chi connectivity index (χ2n) is 4.29. The fraction of sp³-hybridized carbons (Fsp3) is 0.231. The molecule has 1 aromatic carbocycles. The number of nitrogens with zero attached hydrogens (tertiary/aromatic N) is 3. The maximum Gasteiger partial charge on any atom is 0.335 e. The SMILES string of the molecule is Cn1nccc1CCOc1ccc(C(=O)O)cc1[N+](=O)[O-]. The molecule has 1 heterocycles. The number of nitro benzene ring substituents is 1. The van der Waals surface area contributed by atoms with Gasteiger partial charge in [0, 0.05) is 31.4 Å². The van der Waals surface area contributed by atoms with Gasteiger partial charge in [0.05, 0.1) is 17.1 Å². The van der Waals surface area contributed by atoms with E-state index in [0.717, 1.165) is 11.8 Å². The number of rotatable bonds is 6. The number of nitro groups is 1. The fourth-order valence-electron chi connectivity index (χ4n) is 1.83. The lowest BCUT2D eigenvalue weighted by molar-refractivity contribution is -0.385. The Morgan fingerprint density at radius 3 is 2.81 bits per heavy atom. The summed E-state index contributed by atoms with van der Waals surface area (Å²) in [5.74, 6) is -1.17. The highest BCUT2D eigenvalue weighted by atomic mass is 16.6. The standard InChI is InChI=1S/C13H13N3O5/c1-15-10(4-6-14-15)5-7-21-12-3-2-9(13(17)18)8-11(12)16(19)20/h2-4,6,8H,5,7H2,1H3,(H,17,18). The lowest BCUT2D eigenvalue weighted by Gasteiger charge is -2.07. The van der Waals surface area contributed by atoms with E-state index in [1.807, 2.05) is 6.07 Å². The molecule has 0 aliphatic rings. The summed E-state index contributed by atoms with van der Waals surface area (Å²) < 4.78 is 7.07. The molecule has 0 bridgehead atoms. The first-order valence-electron chi connectivity index (χ1n) is 6.10. The zero-order valence-electron chi connectivity index (χ0n) is 11.2. The second-order valence-corrected chi connectivity index (χ2v) is 4.29. The molecule has 2 aromatic rings. The molecule has 0 spiro atoms. The highest BCUT2D eigenvalue weighted by molar-refractivity contribution is 5.88. The van der Waals surface area contributed by atoms with Crippen LogP contribution in [0.25, 0.3) is 0 Å². The van der Waals surface area contributed by atoms with Crippen LogP contribution >= 0.6 is 0 Å². The zero-order valence-corrected chi connectivity index (χ0v) is 11.2. The van der Waals surface area contributed by atoms with E-state index in [0.29, 0.717) is 6.42 Å². The Kier molecular flexibility index (Phi) is 4.17. The normalized spacial score (nSPS) is 10.3. The van der Waals surface area contributed by atoms with Crippen molar-refractivity contribution >= 4 is 11.7 Å². The second kappa shape index (κ2) is 6.04. The molecule has 0 saturated heterocycles. The summed E-state index contributed by atoms with van der Waals surface area (Å²) in [4.78, 5) is 21.1. The molecule has 0 saturated carbocycles. The van der Waals surface area contributed by atoms with Crippen molar-refractivity contribution in [3.63, 3.8) is 0 Å². The third kappa shape index (κ3) is 3.35. The molecular weight excluding hydrogens is 278 g/mol. The van der Waals surface area contributed by atoms with Crippen molar-refractivity contribution in [1.29, 1.82) is 0 Å². The lowest BCUT2D eigenvalue weighted by Crippen LogP contribution is -2.07. The molecule has 8 heteroatoms. The summed E-state index contributed by atoms with van der Waals surface area (Å²) in [6.45, 7) is 0.229. The van der Waals surface area contributed by atoms with E-state index in [9.17, 15) is 14.9 Å². The number of hydrogen-bond acceptors (Lipinski definition) is 5. The molecule has 0 fully saturated rings. The van der Waals surface area contributed by atoms with Crippen molar-refractivity contribution in [3.8, 4) is 5.75 Å². The van der Waals surface area contributed by atoms with Gasteiger partial charge < -0.3 is 9.84 Å². The van der Waals surface area contributed by atoms with Gasteiger partial charge in [-0.05, 0) is 18.2 Å². The first-order valence-corrected chi connectivity index (χ1v) is 6.10. The number of aromatic carboxylic acids is 1. The molecule has 2 rings (SSSR count). The van der Waals surface area contributed by atoms with Gasteiger partial charge in [-0.25, -0.2) is 4.79 Å². The number of hydrogen-bond donors (Lipinski definition) is 1. The number of carboxylic acids is 1. The minimum atomic E-state index is -1.22. The quantitative estimate of drug-likeness (QED) is 0.640. The van der Waals surface area contributed by atoms with Crippen LogP contribution in [-0.2, 0) is 13.5 Å². The molecule has 1 aromatic heterocycles. The van der Waals surface area contributed by atoms with E-state index in [2.05, 4.69) is 5.10 Å². The van der Waals surface area contributed by atoms with E-state index in [1.54, 1.807) is 17.9 Å². The first-order chi connectivity index (χ1) is 9.99. The molecule has 0 aliphatic carbocycles. The van der Waals surface area contributed by atoms with Crippen molar-refractivity contribution < 1.29 is 19.6 Å². The average molecular weight is 291 g/mol. The minimum absolute atomic E-state index is 0.0483. The van der Waals surface area contributed by atoms with Crippen LogP contribution in [0.1, 0.15) is 16.1 Å². The molecule has 0 aliphatic heterocycles. The molecule has 0 amide bonds. The van der Waals surface area contributed by atoms with Crippen LogP contribution in [0.15, 0.2) is 30.5 Å². The Morgan fingerprint density at radius 2 is 2.24 bits per heavy atom. The molecular formula is C13H13N3O5. The Hall–Kier alpha value is -2.90. The number of aryl methyl sites for hydroxylation is 1. The predicted octanol–water partition coefficient (Wildman–Crippen LogP) is 1.65. The van der Waals surface area contributed by atoms with Crippen LogP contribution < -0.4 is 4.74 Å². The summed E-state index contributed by atoms with van der Waals surface area (Å²) in [6.07, 6.45) is 2.19. The Labute approximate surface area is 119 Å². The van der Waals surface area contributed by atoms with Gasteiger partial charge in [0.1, 0.15) is 0 Å². The highest BCUT2D eigenvalue weighted by Gasteiger charge is 2.18. The topological polar surface area (TPSA) is 107 Å². The van der Waals surface area contributed by atoms with Crippen LogP contribution in [0, 0.1) is 10.1 Å². The number of ether oxygens (including phenoxy) is 1. The largest absolute Gasteiger partial charge is 0.486 e. The van der Waals surface area contributed by atoms with Gasteiger partial charge in [0.15, 0.2) is 5.75 Å². The van der Waals surface area contributed by atoms with Crippen molar-refractivity contribution in [1.82, 2.24) is 9.78 Å². The highest BCUT2D eigenvalue weighted by Crippen LogP contribution is 2.28. The fourth-order valence-corrected chi connectivity index (χ4v) is 1.83. The predicted molar refractivity (Wildman–Crippen MR) is 72.5 cm³/mol. The van der Waals surface area contributed by atoms with E-state index in [1.165, 1.54) is 12.1 Å². The first kappa shape index (κ1) is 14.5. The van der Waals surface area contributed by atoms with E-state index in [-0.39, 0.29) is 23.6 Å². The number of benzene rings is 1. The van der Waals surface area contributed by atoms with Gasteiger partial charge >= 0.3 is 11.7 Å². The Morgan fingerprint density at radius 1 is 1.48 bits per heavy atom. The Bertz CT molecular complexity index is 680. The van der Waals surface area contributed by atoms with Crippen LogP contribution in [0.3, 0.4) is 0 Å². The summed E-state index contributed by atoms with van der Waals surface area (Å²) in [7, 11) is 1.79. The Balaban J connectivity index is 2.10. The van der Waals surface area contributed by atoms with Crippen molar-refractivity contribution in [2.45, 2.75) is 6.42 Å². The monoisotopic (exact) mass is 291 g/mol. The van der Waals surface area contributed by atoms with Gasteiger partial charge in [-0.15, -0.1) is 0 Å². The summed E-state index contributed by atoms with van der Waals surface area (Å²) in [5.41, 5.74) is 0.417. The lowest BCUT2D eigenvalue weighted by atomic mass is 10.2. The molecule has 0 unspecified atom stereocenters. The van der Waals surface area contributed by atoms with Gasteiger partial charge in [-0.2, -0.15) is 5.10 Å². The number of aromatic nitrogens is 2. The van der Waals surface area contributed by atoms with Gasteiger partial charge in [-0.3, -0.25) is 14.8 Å². The summed E-state index contributed by atoms with van der Waals surface area (Å²) in [6, 6.07) is 5.38. The van der Waals surface area contributed by atoms with Crippen molar-refractivity contribution in [2.24, 2.45) is 7.05 Å². The maximum absolute atomic E-state index is 11.0.